The predicted octanol–water partition coefficient (Wildman–Crippen LogP) is 2.88. The summed E-state index contributed by atoms with van der Waals surface area (Å²) in [6.45, 7) is 1.86. The number of carboxylic acids is 1. The molecular formula is C14H16BrNO3. The van der Waals surface area contributed by atoms with E-state index in [4.69, 9.17) is 0 Å². The molecule has 0 aromatic heterocycles. The molecule has 1 saturated carbocycles. The number of hydrogen-bond acceptors (Lipinski definition) is 2. The van der Waals surface area contributed by atoms with E-state index < -0.39 is 11.4 Å². The number of carbonyl (C=O) groups excluding carboxylic acids is 1. The second-order valence-electron chi connectivity index (χ2n) is 4.99. The first kappa shape index (κ1) is 14.1. The van der Waals surface area contributed by atoms with E-state index in [1.807, 2.05) is 31.2 Å². The molecule has 1 fully saturated rings. The molecule has 2 rings (SSSR count). The van der Waals surface area contributed by atoms with E-state index >= 15 is 0 Å². The second-order valence-corrected chi connectivity index (χ2v) is 5.90. The van der Waals surface area contributed by atoms with Crippen molar-refractivity contribution in [2.24, 2.45) is 5.41 Å². The first-order valence-corrected chi connectivity index (χ1v) is 7.05. The van der Waals surface area contributed by atoms with Crippen LogP contribution < -0.4 is 5.32 Å². The van der Waals surface area contributed by atoms with Crippen molar-refractivity contribution in [1.82, 2.24) is 5.32 Å². The molecule has 19 heavy (non-hydrogen) atoms. The van der Waals surface area contributed by atoms with Crippen molar-refractivity contribution in [3.05, 3.63) is 34.3 Å². The molecule has 1 aromatic rings. The van der Waals surface area contributed by atoms with Crippen LogP contribution in [0.2, 0.25) is 0 Å². The zero-order chi connectivity index (χ0) is 14.0. The number of halogens is 1. The van der Waals surface area contributed by atoms with E-state index in [1.165, 1.54) is 0 Å². The smallest absolute Gasteiger partial charge is 0.319 e. The van der Waals surface area contributed by atoms with E-state index in [-0.39, 0.29) is 11.9 Å². The minimum Gasteiger partial charge on any atom is -0.480 e. The first-order valence-electron chi connectivity index (χ1n) is 6.25. The Morgan fingerprint density at radius 2 is 1.89 bits per heavy atom. The summed E-state index contributed by atoms with van der Waals surface area (Å²) in [5, 5.41) is 12.0. The Morgan fingerprint density at radius 3 is 2.32 bits per heavy atom. The molecule has 0 spiro atoms. The van der Waals surface area contributed by atoms with Crippen molar-refractivity contribution in [3.8, 4) is 0 Å². The zero-order valence-corrected chi connectivity index (χ0v) is 12.2. The van der Waals surface area contributed by atoms with Crippen LogP contribution in [0.25, 0.3) is 0 Å². The molecular weight excluding hydrogens is 310 g/mol. The van der Waals surface area contributed by atoms with E-state index in [0.717, 1.165) is 16.5 Å². The first-order chi connectivity index (χ1) is 8.95. The van der Waals surface area contributed by atoms with Crippen LogP contribution in [0.3, 0.4) is 0 Å². The number of carboxylic acid groups (broad SMARTS) is 1. The van der Waals surface area contributed by atoms with Gasteiger partial charge in [0.2, 0.25) is 5.91 Å². The fraction of sp³-hybridized carbons (Fsp3) is 0.429. The lowest BCUT2D eigenvalue weighted by Crippen LogP contribution is -2.51. The van der Waals surface area contributed by atoms with Crippen LogP contribution in [0.5, 0.6) is 0 Å². The Bertz CT molecular complexity index is 494. The lowest BCUT2D eigenvalue weighted by molar-refractivity contribution is -0.162. The highest BCUT2D eigenvalue weighted by Crippen LogP contribution is 2.41. The van der Waals surface area contributed by atoms with Crippen molar-refractivity contribution in [2.45, 2.75) is 32.2 Å². The second kappa shape index (κ2) is 5.33. The maximum absolute atomic E-state index is 12.1. The summed E-state index contributed by atoms with van der Waals surface area (Å²) < 4.78 is 0.968. The average Bonchev–Trinajstić information content (AvgIpc) is 2.27. The summed E-state index contributed by atoms with van der Waals surface area (Å²) in [5.41, 5.74) is -0.250. The quantitative estimate of drug-likeness (QED) is 0.836. The summed E-state index contributed by atoms with van der Waals surface area (Å²) in [7, 11) is 0. The zero-order valence-electron chi connectivity index (χ0n) is 10.6. The summed E-state index contributed by atoms with van der Waals surface area (Å²) in [6, 6.07) is 7.41. The minimum atomic E-state index is -1.20. The largest absolute Gasteiger partial charge is 0.480 e. The van der Waals surface area contributed by atoms with Gasteiger partial charge in [-0.2, -0.15) is 0 Å². The highest BCUT2D eigenvalue weighted by atomic mass is 79.9. The molecule has 0 saturated heterocycles. The van der Waals surface area contributed by atoms with Crippen LogP contribution in [0, 0.1) is 5.41 Å². The number of amides is 1. The number of rotatable bonds is 4. The lowest BCUT2D eigenvalue weighted by atomic mass is 9.68. The highest BCUT2D eigenvalue weighted by Gasteiger charge is 2.51. The molecule has 5 heteroatoms. The van der Waals surface area contributed by atoms with Gasteiger partial charge in [0, 0.05) is 4.47 Å². The van der Waals surface area contributed by atoms with Crippen LogP contribution in [0.15, 0.2) is 28.7 Å². The number of nitrogens with one attached hydrogen (secondary N) is 1. The van der Waals surface area contributed by atoms with Crippen LogP contribution in [0.4, 0.5) is 0 Å². The van der Waals surface area contributed by atoms with E-state index in [9.17, 15) is 14.7 Å². The third-order valence-corrected chi connectivity index (χ3v) is 4.30. The van der Waals surface area contributed by atoms with Crippen molar-refractivity contribution >= 4 is 27.8 Å². The van der Waals surface area contributed by atoms with Gasteiger partial charge in [-0.15, -0.1) is 0 Å². The van der Waals surface area contributed by atoms with Gasteiger partial charge in [-0.1, -0.05) is 34.5 Å². The van der Waals surface area contributed by atoms with Gasteiger partial charge in [-0.25, -0.2) is 0 Å². The fourth-order valence-electron chi connectivity index (χ4n) is 2.24. The van der Waals surface area contributed by atoms with Gasteiger partial charge in [0.15, 0.2) is 0 Å². The molecule has 1 atom stereocenters. The van der Waals surface area contributed by atoms with Gasteiger partial charge in [-0.3, -0.25) is 9.59 Å². The topological polar surface area (TPSA) is 66.4 Å². The van der Waals surface area contributed by atoms with Gasteiger partial charge >= 0.3 is 5.97 Å². The summed E-state index contributed by atoms with van der Waals surface area (Å²) >= 11 is 3.35. The lowest BCUT2D eigenvalue weighted by Gasteiger charge is -2.36. The van der Waals surface area contributed by atoms with E-state index in [1.54, 1.807) is 0 Å². The molecule has 0 heterocycles. The number of hydrogen-bond donors (Lipinski definition) is 2. The molecule has 0 aliphatic heterocycles. The highest BCUT2D eigenvalue weighted by molar-refractivity contribution is 9.10. The molecule has 0 radical (unpaired) electrons. The third-order valence-electron chi connectivity index (χ3n) is 3.77. The van der Waals surface area contributed by atoms with Gasteiger partial charge in [0.05, 0.1) is 6.04 Å². The number of aliphatic carboxylic acids is 1. The minimum absolute atomic E-state index is 0.197. The molecule has 1 amide bonds. The Labute approximate surface area is 120 Å². The number of carbonyl (C=O) groups is 2. The summed E-state index contributed by atoms with van der Waals surface area (Å²) in [5.74, 6) is -1.39. The molecule has 1 aromatic carbocycles. The van der Waals surface area contributed by atoms with Gasteiger partial charge < -0.3 is 10.4 Å². The monoisotopic (exact) mass is 325 g/mol. The van der Waals surface area contributed by atoms with Crippen molar-refractivity contribution < 1.29 is 14.7 Å². The Morgan fingerprint density at radius 1 is 1.32 bits per heavy atom. The SMILES string of the molecule is CC(NC(=O)C1(C(=O)O)CCC1)c1ccc(Br)cc1. The van der Waals surface area contributed by atoms with Gasteiger partial charge in [-0.05, 0) is 37.5 Å². The van der Waals surface area contributed by atoms with Gasteiger partial charge in [0.1, 0.15) is 5.41 Å². The van der Waals surface area contributed by atoms with Gasteiger partial charge in [0.25, 0.3) is 0 Å². The van der Waals surface area contributed by atoms with Crippen molar-refractivity contribution in [3.63, 3.8) is 0 Å². The maximum Gasteiger partial charge on any atom is 0.319 e. The molecule has 0 bridgehead atoms. The third kappa shape index (κ3) is 2.66. The molecule has 102 valence electrons. The normalized spacial score (nSPS) is 18.2. The molecule has 2 N–H and O–H groups in total. The average molecular weight is 326 g/mol. The Hall–Kier alpha value is -1.36. The van der Waals surface area contributed by atoms with Crippen LogP contribution in [-0.4, -0.2) is 17.0 Å². The standard InChI is InChI=1S/C14H16BrNO3/c1-9(10-3-5-11(15)6-4-10)16-12(17)14(13(18)19)7-2-8-14/h3-6,9H,2,7-8H2,1H3,(H,16,17)(H,18,19). The Balaban J connectivity index is 2.06. The van der Waals surface area contributed by atoms with Crippen LogP contribution >= 0.6 is 15.9 Å². The summed E-state index contributed by atoms with van der Waals surface area (Å²) in [4.78, 5) is 23.4. The fourth-order valence-corrected chi connectivity index (χ4v) is 2.50. The summed E-state index contributed by atoms with van der Waals surface area (Å²) in [6.07, 6.45) is 1.66. The molecule has 1 unspecified atom stereocenters. The van der Waals surface area contributed by atoms with Crippen molar-refractivity contribution in [1.29, 1.82) is 0 Å². The van der Waals surface area contributed by atoms with E-state index in [0.29, 0.717) is 12.8 Å². The van der Waals surface area contributed by atoms with E-state index in [2.05, 4.69) is 21.2 Å². The molecule has 1 aliphatic carbocycles. The van der Waals surface area contributed by atoms with Crippen molar-refractivity contribution in [2.75, 3.05) is 0 Å². The number of benzene rings is 1. The molecule has 4 nitrogen and oxygen atoms in total. The molecule has 1 aliphatic rings. The van der Waals surface area contributed by atoms with Crippen LogP contribution in [-0.2, 0) is 9.59 Å². The maximum atomic E-state index is 12.1. The Kier molecular flexibility index (Phi) is 3.94. The van der Waals surface area contributed by atoms with Crippen LogP contribution in [0.1, 0.15) is 37.8 Å². The predicted molar refractivity (Wildman–Crippen MR) is 74.6 cm³/mol.